The highest BCUT2D eigenvalue weighted by molar-refractivity contribution is 6.30. The first-order valence-electron chi connectivity index (χ1n) is 8.19. The number of halogens is 1. The van der Waals surface area contributed by atoms with Gasteiger partial charge in [-0.1, -0.05) is 48.0 Å². The first kappa shape index (κ1) is 17.9. The van der Waals surface area contributed by atoms with Gasteiger partial charge < -0.3 is 10.2 Å². The smallest absolute Gasteiger partial charge is 0.274 e. The van der Waals surface area contributed by atoms with Crippen LogP contribution in [0.25, 0.3) is 0 Å². The Morgan fingerprint density at radius 2 is 1.85 bits per heavy atom. The van der Waals surface area contributed by atoms with Crippen molar-refractivity contribution in [1.82, 2.24) is 9.97 Å². The van der Waals surface area contributed by atoms with Crippen LogP contribution >= 0.6 is 11.6 Å². The fourth-order valence-electron chi connectivity index (χ4n) is 2.53. The molecule has 5 nitrogen and oxygen atoms in total. The maximum Gasteiger partial charge on any atom is 0.274 e. The maximum atomic E-state index is 12.5. The third-order valence-corrected chi connectivity index (χ3v) is 4.00. The molecule has 2 aromatic carbocycles. The summed E-state index contributed by atoms with van der Waals surface area (Å²) in [6.07, 6.45) is 0. The molecule has 0 saturated heterocycles. The number of benzene rings is 2. The van der Waals surface area contributed by atoms with Gasteiger partial charge in [0, 0.05) is 30.0 Å². The van der Waals surface area contributed by atoms with Crippen molar-refractivity contribution in [1.29, 1.82) is 0 Å². The van der Waals surface area contributed by atoms with E-state index in [4.69, 9.17) is 11.6 Å². The van der Waals surface area contributed by atoms with E-state index in [1.54, 1.807) is 30.3 Å². The number of carbonyl (C=O) groups excluding carboxylic acids is 1. The summed E-state index contributed by atoms with van der Waals surface area (Å²) in [5.41, 5.74) is 2.81. The summed E-state index contributed by atoms with van der Waals surface area (Å²) < 4.78 is 0. The van der Waals surface area contributed by atoms with E-state index in [2.05, 4.69) is 15.3 Å². The minimum atomic E-state index is -0.299. The van der Waals surface area contributed by atoms with E-state index in [1.807, 2.05) is 49.2 Å². The summed E-state index contributed by atoms with van der Waals surface area (Å²) in [5, 5.41) is 3.37. The Kier molecular flexibility index (Phi) is 5.49. The average molecular weight is 367 g/mol. The van der Waals surface area contributed by atoms with E-state index >= 15 is 0 Å². The number of rotatable bonds is 5. The fraction of sp³-hybridized carbons (Fsp3) is 0.150. The van der Waals surface area contributed by atoms with Gasteiger partial charge in [0.15, 0.2) is 0 Å². The van der Waals surface area contributed by atoms with Crippen LogP contribution in [0.5, 0.6) is 0 Å². The second kappa shape index (κ2) is 7.97. The third-order valence-electron chi connectivity index (χ3n) is 3.76. The molecule has 0 fully saturated rings. The number of carbonyl (C=O) groups is 1. The Balaban J connectivity index is 1.79. The van der Waals surface area contributed by atoms with Gasteiger partial charge in [-0.05, 0) is 36.8 Å². The summed E-state index contributed by atoms with van der Waals surface area (Å²) in [7, 11) is 1.90. The summed E-state index contributed by atoms with van der Waals surface area (Å²) >= 11 is 5.96. The number of nitrogens with zero attached hydrogens (tertiary/aromatic N) is 3. The maximum absolute atomic E-state index is 12.5. The van der Waals surface area contributed by atoms with Crippen molar-refractivity contribution < 1.29 is 4.79 Å². The molecule has 3 rings (SSSR count). The van der Waals surface area contributed by atoms with Gasteiger partial charge in [0.2, 0.25) is 5.95 Å². The van der Waals surface area contributed by atoms with Gasteiger partial charge in [0.05, 0.1) is 0 Å². The topological polar surface area (TPSA) is 58.1 Å². The zero-order chi connectivity index (χ0) is 18.5. The highest BCUT2D eigenvalue weighted by atomic mass is 35.5. The lowest BCUT2D eigenvalue weighted by Crippen LogP contribution is -2.22. The molecule has 1 heterocycles. The molecule has 0 aliphatic heterocycles. The first-order chi connectivity index (χ1) is 12.5. The molecule has 0 unspecified atom stereocenters. The first-order valence-corrected chi connectivity index (χ1v) is 8.57. The van der Waals surface area contributed by atoms with Crippen LogP contribution in [0.3, 0.4) is 0 Å². The molecule has 1 amide bonds. The molecular weight excluding hydrogens is 348 g/mol. The Hall–Kier alpha value is -2.92. The lowest BCUT2D eigenvalue weighted by molar-refractivity contribution is 0.102. The molecule has 1 N–H and O–H groups in total. The lowest BCUT2D eigenvalue weighted by Gasteiger charge is -2.18. The SMILES string of the molecule is Cc1cc(C(=O)Nc2cccc(Cl)c2)nc(N(C)Cc2ccccc2)n1. The minimum Gasteiger partial charge on any atom is -0.340 e. The molecule has 0 aliphatic rings. The Labute approximate surface area is 157 Å². The van der Waals surface area contributed by atoms with Crippen LogP contribution in [0.15, 0.2) is 60.7 Å². The van der Waals surface area contributed by atoms with Crippen LogP contribution in [0.2, 0.25) is 5.02 Å². The molecule has 0 saturated carbocycles. The molecule has 132 valence electrons. The lowest BCUT2D eigenvalue weighted by atomic mass is 10.2. The van der Waals surface area contributed by atoms with Crippen LogP contribution in [-0.4, -0.2) is 22.9 Å². The molecule has 0 aliphatic carbocycles. The van der Waals surface area contributed by atoms with Gasteiger partial charge in [-0.15, -0.1) is 0 Å². The predicted molar refractivity (Wildman–Crippen MR) is 105 cm³/mol. The summed E-state index contributed by atoms with van der Waals surface area (Å²) in [6.45, 7) is 2.50. The van der Waals surface area contributed by atoms with Crippen LogP contribution in [0.1, 0.15) is 21.7 Å². The van der Waals surface area contributed by atoms with Crippen molar-refractivity contribution in [3.05, 3.63) is 82.6 Å². The van der Waals surface area contributed by atoms with Gasteiger partial charge in [0.25, 0.3) is 5.91 Å². The largest absolute Gasteiger partial charge is 0.340 e. The van der Waals surface area contributed by atoms with Crippen molar-refractivity contribution in [3.63, 3.8) is 0 Å². The summed E-state index contributed by atoms with van der Waals surface area (Å²) in [6, 6.07) is 18.7. The number of aryl methyl sites for hydroxylation is 1. The number of aromatic nitrogens is 2. The normalized spacial score (nSPS) is 10.4. The molecule has 0 radical (unpaired) electrons. The summed E-state index contributed by atoms with van der Waals surface area (Å²) in [5.74, 6) is 0.206. The minimum absolute atomic E-state index is 0.299. The van der Waals surface area contributed by atoms with E-state index < -0.39 is 0 Å². The second-order valence-electron chi connectivity index (χ2n) is 6.00. The van der Waals surface area contributed by atoms with Crippen molar-refractivity contribution >= 4 is 29.1 Å². The zero-order valence-corrected chi connectivity index (χ0v) is 15.4. The van der Waals surface area contributed by atoms with Crippen molar-refractivity contribution in [3.8, 4) is 0 Å². The molecule has 6 heteroatoms. The van der Waals surface area contributed by atoms with E-state index in [0.29, 0.717) is 28.9 Å². The monoisotopic (exact) mass is 366 g/mol. The van der Waals surface area contributed by atoms with Crippen molar-refractivity contribution in [2.75, 3.05) is 17.3 Å². The molecule has 1 aromatic heterocycles. The molecule has 0 spiro atoms. The number of hydrogen-bond acceptors (Lipinski definition) is 4. The molecule has 0 bridgehead atoms. The van der Waals surface area contributed by atoms with Gasteiger partial charge in [-0.3, -0.25) is 4.79 Å². The quantitative estimate of drug-likeness (QED) is 0.730. The number of anilines is 2. The Bertz CT molecular complexity index is 915. The molecule has 0 atom stereocenters. The Morgan fingerprint density at radius 3 is 2.58 bits per heavy atom. The predicted octanol–water partition coefficient (Wildman–Crippen LogP) is 4.33. The molecule has 26 heavy (non-hydrogen) atoms. The highest BCUT2D eigenvalue weighted by Crippen LogP contribution is 2.17. The van der Waals surface area contributed by atoms with Crippen LogP contribution in [0, 0.1) is 6.92 Å². The number of nitrogens with one attached hydrogen (secondary N) is 1. The number of amides is 1. The van der Waals surface area contributed by atoms with Crippen LogP contribution in [0.4, 0.5) is 11.6 Å². The standard InChI is InChI=1S/C20H19ClN4O/c1-14-11-18(19(26)23-17-10-6-9-16(21)12-17)24-20(22-14)25(2)13-15-7-4-3-5-8-15/h3-12H,13H2,1-2H3,(H,23,26). The van der Waals surface area contributed by atoms with Crippen molar-refractivity contribution in [2.24, 2.45) is 0 Å². The van der Waals surface area contributed by atoms with Gasteiger partial charge >= 0.3 is 0 Å². The second-order valence-corrected chi connectivity index (χ2v) is 6.44. The van der Waals surface area contributed by atoms with E-state index in [0.717, 1.165) is 11.3 Å². The van der Waals surface area contributed by atoms with Crippen LogP contribution < -0.4 is 10.2 Å². The number of hydrogen-bond donors (Lipinski definition) is 1. The van der Waals surface area contributed by atoms with E-state index in [-0.39, 0.29) is 5.91 Å². The van der Waals surface area contributed by atoms with Gasteiger partial charge in [-0.2, -0.15) is 0 Å². The fourth-order valence-corrected chi connectivity index (χ4v) is 2.72. The molecular formula is C20H19ClN4O. The molecule has 3 aromatic rings. The summed E-state index contributed by atoms with van der Waals surface area (Å²) in [4.78, 5) is 23.3. The van der Waals surface area contributed by atoms with Crippen LogP contribution in [-0.2, 0) is 6.54 Å². The Morgan fingerprint density at radius 1 is 1.08 bits per heavy atom. The highest BCUT2D eigenvalue weighted by Gasteiger charge is 2.13. The van der Waals surface area contributed by atoms with Crippen molar-refractivity contribution in [2.45, 2.75) is 13.5 Å². The average Bonchev–Trinajstić information content (AvgIpc) is 2.62. The van der Waals surface area contributed by atoms with E-state index in [1.165, 1.54) is 0 Å². The van der Waals surface area contributed by atoms with Gasteiger partial charge in [0.1, 0.15) is 5.69 Å². The van der Waals surface area contributed by atoms with Gasteiger partial charge in [-0.25, -0.2) is 9.97 Å². The van der Waals surface area contributed by atoms with E-state index in [9.17, 15) is 4.79 Å². The zero-order valence-electron chi connectivity index (χ0n) is 14.6. The third kappa shape index (κ3) is 4.58.